The van der Waals surface area contributed by atoms with Crippen LogP contribution in [0.3, 0.4) is 0 Å². The largest absolute Gasteiger partial charge is 0.381 e. The molecule has 0 aromatic carbocycles. The van der Waals surface area contributed by atoms with E-state index in [-0.39, 0.29) is 0 Å². The van der Waals surface area contributed by atoms with Crippen LogP contribution < -0.4 is 0 Å². The van der Waals surface area contributed by atoms with Crippen LogP contribution in [0.5, 0.6) is 0 Å². The van der Waals surface area contributed by atoms with Gasteiger partial charge in [0.2, 0.25) is 0 Å². The highest BCUT2D eigenvalue weighted by Crippen LogP contribution is 2.34. The van der Waals surface area contributed by atoms with Gasteiger partial charge in [-0.2, -0.15) is 0 Å². The van der Waals surface area contributed by atoms with E-state index < -0.39 is 5.79 Å². The number of methoxy groups -OCH3 is 2. The monoisotopic (exact) mass is 330 g/mol. The SMILES string of the molecule is CCCCCCCCC(CCCOCCC)C(CC)(OC)OC. The zero-order valence-electron chi connectivity index (χ0n) is 16.5. The number of hydrogen-bond donors (Lipinski definition) is 0. The first-order valence-corrected chi connectivity index (χ1v) is 9.88. The van der Waals surface area contributed by atoms with Crippen LogP contribution >= 0.6 is 0 Å². The molecule has 0 aromatic heterocycles. The summed E-state index contributed by atoms with van der Waals surface area (Å²) in [6.45, 7) is 8.31. The van der Waals surface area contributed by atoms with Gasteiger partial charge in [0.25, 0.3) is 0 Å². The van der Waals surface area contributed by atoms with Crippen molar-refractivity contribution in [1.82, 2.24) is 0 Å². The third-order valence-corrected chi connectivity index (χ3v) is 4.90. The van der Waals surface area contributed by atoms with Gasteiger partial charge in [-0.25, -0.2) is 0 Å². The number of ether oxygens (including phenoxy) is 3. The number of rotatable bonds is 17. The molecule has 0 saturated heterocycles. The van der Waals surface area contributed by atoms with E-state index in [4.69, 9.17) is 14.2 Å². The van der Waals surface area contributed by atoms with Crippen LogP contribution in [0.25, 0.3) is 0 Å². The van der Waals surface area contributed by atoms with Gasteiger partial charge in [-0.3, -0.25) is 0 Å². The first-order valence-electron chi connectivity index (χ1n) is 9.88. The Labute approximate surface area is 145 Å². The molecule has 0 aliphatic carbocycles. The van der Waals surface area contributed by atoms with Gasteiger partial charge in [0.05, 0.1) is 0 Å². The van der Waals surface area contributed by atoms with Gasteiger partial charge in [-0.15, -0.1) is 0 Å². The molecule has 0 fully saturated rings. The molecule has 0 aliphatic rings. The van der Waals surface area contributed by atoms with E-state index in [1.165, 1.54) is 44.9 Å². The van der Waals surface area contributed by atoms with Crippen molar-refractivity contribution in [3.8, 4) is 0 Å². The van der Waals surface area contributed by atoms with Gasteiger partial charge in [0, 0.05) is 33.4 Å². The Morgan fingerprint density at radius 1 is 0.696 bits per heavy atom. The summed E-state index contributed by atoms with van der Waals surface area (Å²) in [6.07, 6.45) is 13.4. The van der Waals surface area contributed by atoms with E-state index in [0.29, 0.717) is 5.92 Å². The van der Waals surface area contributed by atoms with E-state index in [1.807, 2.05) is 0 Å². The molecule has 0 saturated carbocycles. The van der Waals surface area contributed by atoms with Crippen LogP contribution in [-0.2, 0) is 14.2 Å². The Morgan fingerprint density at radius 2 is 1.30 bits per heavy atom. The predicted octanol–water partition coefficient (Wildman–Crippen LogP) is 5.96. The van der Waals surface area contributed by atoms with Gasteiger partial charge < -0.3 is 14.2 Å². The standard InChI is InChI=1S/C20H42O3/c1-6-9-10-11-12-13-15-19(16-14-18-23-17-7-2)20(8-3,21-4)22-5/h19H,6-18H2,1-5H3. The van der Waals surface area contributed by atoms with Crippen LogP contribution in [0.4, 0.5) is 0 Å². The summed E-state index contributed by atoms with van der Waals surface area (Å²) in [5.74, 6) is 0.0349. The predicted molar refractivity (Wildman–Crippen MR) is 98.9 cm³/mol. The van der Waals surface area contributed by atoms with Crippen molar-refractivity contribution >= 4 is 0 Å². The highest BCUT2D eigenvalue weighted by Gasteiger charge is 2.36. The molecule has 3 heteroatoms. The van der Waals surface area contributed by atoms with E-state index >= 15 is 0 Å². The molecular formula is C20H42O3. The molecule has 0 amide bonds. The minimum absolute atomic E-state index is 0.422. The lowest BCUT2D eigenvalue weighted by molar-refractivity contribution is -0.244. The van der Waals surface area contributed by atoms with Crippen molar-refractivity contribution in [2.45, 2.75) is 97.2 Å². The average Bonchev–Trinajstić information content (AvgIpc) is 2.58. The Hall–Kier alpha value is -0.120. The fraction of sp³-hybridized carbons (Fsp3) is 1.00. The lowest BCUT2D eigenvalue weighted by atomic mass is 9.86. The Bertz CT molecular complexity index is 231. The minimum Gasteiger partial charge on any atom is -0.381 e. The Morgan fingerprint density at radius 3 is 1.87 bits per heavy atom. The Balaban J connectivity index is 4.31. The van der Waals surface area contributed by atoms with Crippen molar-refractivity contribution in [3.05, 3.63) is 0 Å². The van der Waals surface area contributed by atoms with Gasteiger partial charge in [0.15, 0.2) is 5.79 Å². The maximum absolute atomic E-state index is 5.81. The fourth-order valence-electron chi connectivity index (χ4n) is 3.43. The first-order chi connectivity index (χ1) is 11.2. The third-order valence-electron chi connectivity index (χ3n) is 4.90. The summed E-state index contributed by atoms with van der Waals surface area (Å²) >= 11 is 0. The fourth-order valence-corrected chi connectivity index (χ4v) is 3.43. The van der Waals surface area contributed by atoms with Gasteiger partial charge in [-0.05, 0) is 32.1 Å². The zero-order chi connectivity index (χ0) is 17.4. The maximum Gasteiger partial charge on any atom is 0.170 e. The summed E-state index contributed by atoms with van der Waals surface area (Å²) in [4.78, 5) is 0. The molecular weight excluding hydrogens is 288 g/mol. The zero-order valence-corrected chi connectivity index (χ0v) is 16.5. The lowest BCUT2D eigenvalue weighted by Crippen LogP contribution is -2.41. The quantitative estimate of drug-likeness (QED) is 0.243. The summed E-state index contributed by atoms with van der Waals surface area (Å²) in [5, 5.41) is 0. The van der Waals surface area contributed by atoms with Gasteiger partial charge in [-0.1, -0.05) is 59.3 Å². The van der Waals surface area contributed by atoms with Crippen LogP contribution in [0, 0.1) is 5.92 Å². The molecule has 1 unspecified atom stereocenters. The average molecular weight is 331 g/mol. The topological polar surface area (TPSA) is 27.7 Å². The van der Waals surface area contributed by atoms with Crippen molar-refractivity contribution in [1.29, 1.82) is 0 Å². The molecule has 0 radical (unpaired) electrons. The van der Waals surface area contributed by atoms with Crippen LogP contribution in [0.2, 0.25) is 0 Å². The molecule has 0 spiro atoms. The maximum atomic E-state index is 5.81. The molecule has 0 N–H and O–H groups in total. The highest BCUT2D eigenvalue weighted by molar-refractivity contribution is 4.78. The second-order valence-electron chi connectivity index (χ2n) is 6.58. The molecule has 0 rings (SSSR count). The van der Waals surface area contributed by atoms with Gasteiger partial charge in [0.1, 0.15) is 0 Å². The summed E-state index contributed by atoms with van der Waals surface area (Å²) in [6, 6.07) is 0. The molecule has 0 aromatic rings. The second-order valence-corrected chi connectivity index (χ2v) is 6.58. The molecule has 140 valence electrons. The summed E-state index contributed by atoms with van der Waals surface area (Å²) in [7, 11) is 3.57. The van der Waals surface area contributed by atoms with Gasteiger partial charge >= 0.3 is 0 Å². The molecule has 0 bridgehead atoms. The van der Waals surface area contributed by atoms with Crippen LogP contribution in [-0.4, -0.2) is 33.2 Å². The van der Waals surface area contributed by atoms with E-state index in [0.717, 1.165) is 38.9 Å². The van der Waals surface area contributed by atoms with Crippen molar-refractivity contribution in [3.63, 3.8) is 0 Å². The first kappa shape index (κ1) is 22.9. The number of hydrogen-bond acceptors (Lipinski definition) is 3. The molecule has 0 aliphatic heterocycles. The smallest absolute Gasteiger partial charge is 0.170 e. The molecule has 0 heterocycles. The molecule has 23 heavy (non-hydrogen) atoms. The van der Waals surface area contributed by atoms with Crippen molar-refractivity contribution in [2.75, 3.05) is 27.4 Å². The minimum atomic E-state index is -0.422. The second kappa shape index (κ2) is 15.4. The normalized spacial score (nSPS) is 13.4. The van der Waals surface area contributed by atoms with E-state index in [9.17, 15) is 0 Å². The van der Waals surface area contributed by atoms with Crippen molar-refractivity contribution < 1.29 is 14.2 Å². The summed E-state index contributed by atoms with van der Waals surface area (Å²) in [5.41, 5.74) is 0. The molecule has 3 nitrogen and oxygen atoms in total. The summed E-state index contributed by atoms with van der Waals surface area (Å²) < 4.78 is 17.3. The van der Waals surface area contributed by atoms with Crippen LogP contribution in [0.1, 0.15) is 91.4 Å². The Kier molecular flexibility index (Phi) is 15.3. The highest BCUT2D eigenvalue weighted by atomic mass is 16.7. The van der Waals surface area contributed by atoms with Crippen LogP contribution in [0.15, 0.2) is 0 Å². The van der Waals surface area contributed by atoms with E-state index in [2.05, 4.69) is 20.8 Å². The lowest BCUT2D eigenvalue weighted by Gasteiger charge is -2.38. The molecule has 1 atom stereocenters. The van der Waals surface area contributed by atoms with Crippen molar-refractivity contribution in [2.24, 2.45) is 5.92 Å². The number of unbranched alkanes of at least 4 members (excludes halogenated alkanes) is 5. The third kappa shape index (κ3) is 9.69. The van der Waals surface area contributed by atoms with E-state index in [1.54, 1.807) is 14.2 Å².